The standard InChI is InChI=1S/C17H24N2/c1-5-15-13-19(17(3,4)6-2)16(12-18-15)14-10-8-7-9-11-14/h2,7-11,15-16,18H,5,12-13H2,1,3-4H3. The minimum atomic E-state index is -0.212. The van der Waals surface area contributed by atoms with Gasteiger partial charge in [-0.25, -0.2) is 0 Å². The average Bonchev–Trinajstić information content (AvgIpc) is 2.47. The summed E-state index contributed by atoms with van der Waals surface area (Å²) in [7, 11) is 0. The normalized spacial score (nSPS) is 24.9. The van der Waals surface area contributed by atoms with Crippen LogP contribution in [-0.4, -0.2) is 29.6 Å². The number of piperazine rings is 1. The molecule has 2 atom stereocenters. The Morgan fingerprint density at radius 1 is 1.37 bits per heavy atom. The highest BCUT2D eigenvalue weighted by Crippen LogP contribution is 2.30. The second-order valence-corrected chi connectivity index (χ2v) is 5.80. The molecule has 0 saturated carbocycles. The molecule has 1 fully saturated rings. The van der Waals surface area contributed by atoms with Gasteiger partial charge in [-0.1, -0.05) is 43.2 Å². The van der Waals surface area contributed by atoms with E-state index in [4.69, 9.17) is 6.42 Å². The molecular formula is C17H24N2. The third-order valence-corrected chi connectivity index (χ3v) is 4.14. The van der Waals surface area contributed by atoms with Crippen LogP contribution in [0.5, 0.6) is 0 Å². The van der Waals surface area contributed by atoms with E-state index in [0.717, 1.165) is 19.5 Å². The molecule has 1 aromatic carbocycles. The SMILES string of the molecule is C#CC(C)(C)N1CC(CC)NCC1c1ccccc1. The third kappa shape index (κ3) is 3.00. The molecule has 1 N–H and O–H groups in total. The Labute approximate surface area is 117 Å². The lowest BCUT2D eigenvalue weighted by molar-refractivity contribution is 0.0613. The van der Waals surface area contributed by atoms with E-state index >= 15 is 0 Å². The van der Waals surface area contributed by atoms with Crippen molar-refractivity contribution in [1.29, 1.82) is 0 Å². The Bertz CT molecular complexity index is 444. The van der Waals surface area contributed by atoms with Crippen molar-refractivity contribution in [2.45, 2.75) is 44.8 Å². The number of nitrogens with zero attached hydrogens (tertiary/aromatic N) is 1. The van der Waals surface area contributed by atoms with E-state index in [0.29, 0.717) is 12.1 Å². The first-order valence-corrected chi connectivity index (χ1v) is 7.11. The number of nitrogens with one attached hydrogen (secondary N) is 1. The fourth-order valence-electron chi connectivity index (χ4n) is 2.76. The second-order valence-electron chi connectivity index (χ2n) is 5.80. The summed E-state index contributed by atoms with van der Waals surface area (Å²) in [6.45, 7) is 8.48. The Kier molecular flexibility index (Phi) is 4.29. The van der Waals surface area contributed by atoms with Gasteiger partial charge in [0.25, 0.3) is 0 Å². The Hall–Kier alpha value is -1.30. The summed E-state index contributed by atoms with van der Waals surface area (Å²) in [5, 5.41) is 3.63. The number of benzene rings is 1. The zero-order valence-corrected chi connectivity index (χ0v) is 12.2. The van der Waals surface area contributed by atoms with Crippen molar-refractivity contribution in [1.82, 2.24) is 10.2 Å². The van der Waals surface area contributed by atoms with Crippen LogP contribution in [0, 0.1) is 12.3 Å². The first-order chi connectivity index (χ1) is 9.08. The van der Waals surface area contributed by atoms with Gasteiger partial charge < -0.3 is 5.32 Å². The van der Waals surface area contributed by atoms with Crippen LogP contribution in [0.4, 0.5) is 0 Å². The molecule has 1 aliphatic rings. The number of rotatable bonds is 3. The van der Waals surface area contributed by atoms with Crippen LogP contribution in [0.25, 0.3) is 0 Å². The molecule has 1 heterocycles. The highest BCUT2D eigenvalue weighted by atomic mass is 15.3. The van der Waals surface area contributed by atoms with Gasteiger partial charge in [-0.3, -0.25) is 4.90 Å². The zero-order chi connectivity index (χ0) is 13.9. The Morgan fingerprint density at radius 2 is 2.05 bits per heavy atom. The molecule has 102 valence electrons. The van der Waals surface area contributed by atoms with Crippen LogP contribution in [0.15, 0.2) is 30.3 Å². The minimum absolute atomic E-state index is 0.212. The fourth-order valence-corrected chi connectivity index (χ4v) is 2.76. The van der Waals surface area contributed by atoms with Crippen LogP contribution in [-0.2, 0) is 0 Å². The maximum absolute atomic E-state index is 5.75. The maximum Gasteiger partial charge on any atom is 0.0772 e. The van der Waals surface area contributed by atoms with E-state index in [-0.39, 0.29) is 5.54 Å². The molecule has 2 rings (SSSR count). The lowest BCUT2D eigenvalue weighted by atomic mass is 9.93. The van der Waals surface area contributed by atoms with Gasteiger partial charge in [-0.05, 0) is 25.8 Å². The monoisotopic (exact) mass is 256 g/mol. The maximum atomic E-state index is 5.75. The van der Waals surface area contributed by atoms with Crippen molar-refractivity contribution in [2.75, 3.05) is 13.1 Å². The molecule has 0 aromatic heterocycles. The summed E-state index contributed by atoms with van der Waals surface area (Å²) in [4.78, 5) is 2.47. The molecule has 0 amide bonds. The first-order valence-electron chi connectivity index (χ1n) is 7.11. The molecule has 0 bridgehead atoms. The van der Waals surface area contributed by atoms with E-state index in [9.17, 15) is 0 Å². The van der Waals surface area contributed by atoms with Crippen molar-refractivity contribution in [2.24, 2.45) is 0 Å². The lowest BCUT2D eigenvalue weighted by Crippen LogP contribution is -2.58. The van der Waals surface area contributed by atoms with Crippen molar-refractivity contribution >= 4 is 0 Å². The fraction of sp³-hybridized carbons (Fsp3) is 0.529. The van der Waals surface area contributed by atoms with Crippen molar-refractivity contribution in [3.8, 4) is 12.3 Å². The molecule has 2 nitrogen and oxygen atoms in total. The van der Waals surface area contributed by atoms with E-state index in [2.05, 4.69) is 67.2 Å². The summed E-state index contributed by atoms with van der Waals surface area (Å²) < 4.78 is 0. The van der Waals surface area contributed by atoms with Crippen LogP contribution >= 0.6 is 0 Å². The van der Waals surface area contributed by atoms with Crippen LogP contribution < -0.4 is 5.32 Å². The predicted octanol–water partition coefficient (Wildman–Crippen LogP) is 2.82. The van der Waals surface area contributed by atoms with Gasteiger partial charge in [0.15, 0.2) is 0 Å². The quantitative estimate of drug-likeness (QED) is 0.837. The van der Waals surface area contributed by atoms with Gasteiger partial charge in [-0.2, -0.15) is 0 Å². The predicted molar refractivity (Wildman–Crippen MR) is 80.9 cm³/mol. The van der Waals surface area contributed by atoms with Crippen molar-refractivity contribution in [3.05, 3.63) is 35.9 Å². The van der Waals surface area contributed by atoms with E-state index in [1.165, 1.54) is 5.56 Å². The van der Waals surface area contributed by atoms with E-state index in [1.54, 1.807) is 0 Å². The summed E-state index contributed by atoms with van der Waals surface area (Å²) >= 11 is 0. The number of hydrogen-bond acceptors (Lipinski definition) is 2. The molecule has 0 radical (unpaired) electrons. The highest BCUT2D eigenvalue weighted by Gasteiger charge is 2.36. The Balaban J connectivity index is 2.29. The van der Waals surface area contributed by atoms with E-state index < -0.39 is 0 Å². The molecule has 1 aromatic rings. The molecule has 19 heavy (non-hydrogen) atoms. The third-order valence-electron chi connectivity index (χ3n) is 4.14. The van der Waals surface area contributed by atoms with Gasteiger partial charge in [0.1, 0.15) is 0 Å². The topological polar surface area (TPSA) is 15.3 Å². The minimum Gasteiger partial charge on any atom is -0.311 e. The van der Waals surface area contributed by atoms with Crippen molar-refractivity contribution in [3.63, 3.8) is 0 Å². The van der Waals surface area contributed by atoms with Gasteiger partial charge in [-0.15, -0.1) is 6.42 Å². The summed E-state index contributed by atoms with van der Waals surface area (Å²) in [5.74, 6) is 2.95. The number of hydrogen-bond donors (Lipinski definition) is 1. The van der Waals surface area contributed by atoms with Gasteiger partial charge in [0.05, 0.1) is 5.54 Å². The zero-order valence-electron chi connectivity index (χ0n) is 12.2. The van der Waals surface area contributed by atoms with Gasteiger partial charge >= 0.3 is 0 Å². The lowest BCUT2D eigenvalue weighted by Gasteiger charge is -2.47. The van der Waals surface area contributed by atoms with Gasteiger partial charge in [0.2, 0.25) is 0 Å². The van der Waals surface area contributed by atoms with E-state index in [1.807, 2.05) is 0 Å². The molecular weight excluding hydrogens is 232 g/mol. The second kappa shape index (κ2) is 5.77. The molecule has 0 spiro atoms. The molecule has 0 aliphatic carbocycles. The average molecular weight is 256 g/mol. The van der Waals surface area contributed by atoms with Crippen molar-refractivity contribution < 1.29 is 0 Å². The molecule has 2 heteroatoms. The summed E-state index contributed by atoms with van der Waals surface area (Å²) in [6.07, 6.45) is 6.89. The first kappa shape index (κ1) is 14.1. The summed E-state index contributed by atoms with van der Waals surface area (Å²) in [6, 6.07) is 11.5. The van der Waals surface area contributed by atoms with Crippen LogP contribution in [0.1, 0.15) is 38.8 Å². The molecule has 2 unspecified atom stereocenters. The smallest absolute Gasteiger partial charge is 0.0772 e. The largest absolute Gasteiger partial charge is 0.311 e. The van der Waals surface area contributed by atoms with Gasteiger partial charge in [0, 0.05) is 25.2 Å². The molecule has 1 aliphatic heterocycles. The number of terminal acetylenes is 1. The van der Waals surface area contributed by atoms with Crippen LogP contribution in [0.3, 0.4) is 0 Å². The summed E-state index contributed by atoms with van der Waals surface area (Å²) in [5.41, 5.74) is 1.13. The molecule has 1 saturated heterocycles. The Morgan fingerprint density at radius 3 is 2.63 bits per heavy atom. The van der Waals surface area contributed by atoms with Crippen LogP contribution in [0.2, 0.25) is 0 Å². The highest BCUT2D eigenvalue weighted by molar-refractivity contribution is 5.23.